The van der Waals surface area contributed by atoms with E-state index in [0.29, 0.717) is 17.6 Å². The van der Waals surface area contributed by atoms with Crippen LogP contribution in [0.4, 0.5) is 0 Å². The Morgan fingerprint density at radius 2 is 0.714 bits per heavy atom. The molecule has 0 atom stereocenters. The van der Waals surface area contributed by atoms with Gasteiger partial charge in [-0.1, -0.05) is 158 Å². The van der Waals surface area contributed by atoms with E-state index in [2.05, 4.69) is 149 Å². The molecule has 0 aliphatic rings. The van der Waals surface area contributed by atoms with Crippen LogP contribution in [0.25, 0.3) is 100 Å². The largest absolute Gasteiger partial charge is 0.309 e. The van der Waals surface area contributed by atoms with E-state index < -0.39 is 0 Å². The Kier molecular flexibility index (Phi) is 7.42. The van der Waals surface area contributed by atoms with Crippen molar-refractivity contribution >= 4 is 43.6 Å². The quantitative estimate of drug-likeness (QED) is 0.172. The van der Waals surface area contributed by atoms with Crippen LogP contribution in [0, 0.1) is 0 Å². The van der Waals surface area contributed by atoms with Crippen LogP contribution in [0.15, 0.2) is 200 Å². The molecule has 0 fully saturated rings. The lowest BCUT2D eigenvalue weighted by Gasteiger charge is -2.12. The molecule has 0 N–H and O–H groups in total. The molecule has 3 heterocycles. The second kappa shape index (κ2) is 13.0. The highest BCUT2D eigenvalue weighted by Crippen LogP contribution is 2.40. The van der Waals surface area contributed by atoms with Crippen molar-refractivity contribution in [2.75, 3.05) is 0 Å². The Hall–Kier alpha value is -7.63. The van der Waals surface area contributed by atoms with E-state index in [9.17, 15) is 0 Å². The van der Waals surface area contributed by atoms with Crippen LogP contribution in [0.5, 0.6) is 0 Å². The molecule has 11 aromatic rings. The zero-order valence-corrected chi connectivity index (χ0v) is 30.3. The molecular formula is C51H33N5. The van der Waals surface area contributed by atoms with Crippen molar-refractivity contribution in [3.05, 3.63) is 200 Å². The summed E-state index contributed by atoms with van der Waals surface area (Å²) in [6.07, 6.45) is 0. The van der Waals surface area contributed by atoms with Crippen LogP contribution in [-0.4, -0.2) is 24.1 Å². The third kappa shape index (κ3) is 5.29. The molecule has 0 spiro atoms. The predicted molar refractivity (Wildman–Crippen MR) is 230 cm³/mol. The van der Waals surface area contributed by atoms with Crippen LogP contribution in [0.2, 0.25) is 0 Å². The molecule has 0 unspecified atom stereocenters. The van der Waals surface area contributed by atoms with E-state index in [1.807, 2.05) is 60.7 Å². The number of benzene rings is 8. The minimum absolute atomic E-state index is 0.575. The molecule has 0 radical (unpaired) electrons. The van der Waals surface area contributed by atoms with Gasteiger partial charge in [0.25, 0.3) is 0 Å². The van der Waals surface area contributed by atoms with Crippen molar-refractivity contribution in [1.82, 2.24) is 24.1 Å². The smallest absolute Gasteiger partial charge is 0.238 e. The molecule has 0 aliphatic carbocycles. The van der Waals surface area contributed by atoms with Gasteiger partial charge < -0.3 is 4.57 Å². The third-order valence-electron chi connectivity index (χ3n) is 10.8. The highest BCUT2D eigenvalue weighted by atomic mass is 15.2. The van der Waals surface area contributed by atoms with E-state index in [0.717, 1.165) is 55.2 Å². The van der Waals surface area contributed by atoms with Gasteiger partial charge in [-0.25, -0.2) is 4.98 Å². The summed E-state index contributed by atoms with van der Waals surface area (Å²) in [7, 11) is 0. The van der Waals surface area contributed by atoms with Crippen LogP contribution in [0.3, 0.4) is 0 Å². The molecule has 5 nitrogen and oxygen atoms in total. The van der Waals surface area contributed by atoms with Crippen molar-refractivity contribution < 1.29 is 0 Å². The third-order valence-corrected chi connectivity index (χ3v) is 10.8. The Bertz CT molecular complexity index is 3180. The Morgan fingerprint density at radius 1 is 0.268 bits per heavy atom. The summed E-state index contributed by atoms with van der Waals surface area (Å²) >= 11 is 0. The maximum Gasteiger partial charge on any atom is 0.238 e. The van der Waals surface area contributed by atoms with Crippen LogP contribution >= 0.6 is 0 Å². The van der Waals surface area contributed by atoms with Crippen LogP contribution < -0.4 is 0 Å². The van der Waals surface area contributed by atoms with E-state index in [1.165, 1.54) is 27.5 Å². The maximum atomic E-state index is 5.18. The number of para-hydroxylation sites is 2. The first kappa shape index (κ1) is 31.9. The summed E-state index contributed by atoms with van der Waals surface area (Å²) in [5, 5.41) is 4.68. The molecule has 3 aromatic heterocycles. The van der Waals surface area contributed by atoms with Crippen LogP contribution in [-0.2, 0) is 0 Å². The van der Waals surface area contributed by atoms with Crippen molar-refractivity contribution in [3.8, 4) is 56.7 Å². The molecule has 0 saturated heterocycles. The molecule has 0 amide bonds. The van der Waals surface area contributed by atoms with Crippen LogP contribution in [0.1, 0.15) is 0 Å². The predicted octanol–water partition coefficient (Wildman–Crippen LogP) is 12.7. The van der Waals surface area contributed by atoms with Gasteiger partial charge in [0.2, 0.25) is 5.95 Å². The lowest BCUT2D eigenvalue weighted by molar-refractivity contribution is 0.953. The van der Waals surface area contributed by atoms with E-state index in [-0.39, 0.29) is 0 Å². The molecule has 0 aliphatic heterocycles. The monoisotopic (exact) mass is 715 g/mol. The van der Waals surface area contributed by atoms with Gasteiger partial charge in [0.05, 0.1) is 22.1 Å². The lowest BCUT2D eigenvalue weighted by Crippen LogP contribution is -2.06. The minimum Gasteiger partial charge on any atom is -0.309 e. The van der Waals surface area contributed by atoms with Gasteiger partial charge in [0.1, 0.15) is 0 Å². The van der Waals surface area contributed by atoms with E-state index in [1.54, 1.807) is 0 Å². The Morgan fingerprint density at radius 3 is 1.32 bits per heavy atom. The normalized spacial score (nSPS) is 11.6. The van der Waals surface area contributed by atoms with Gasteiger partial charge in [-0.2, -0.15) is 9.97 Å². The van der Waals surface area contributed by atoms with E-state index in [4.69, 9.17) is 15.0 Å². The zero-order valence-electron chi connectivity index (χ0n) is 30.3. The maximum absolute atomic E-state index is 5.18. The number of aromatic nitrogens is 5. The van der Waals surface area contributed by atoms with Gasteiger partial charge in [-0.05, 0) is 64.7 Å². The minimum atomic E-state index is 0.575. The van der Waals surface area contributed by atoms with Gasteiger partial charge >= 0.3 is 0 Å². The summed E-state index contributed by atoms with van der Waals surface area (Å²) in [5.74, 6) is 1.83. The number of rotatable bonds is 6. The fourth-order valence-electron chi connectivity index (χ4n) is 8.16. The van der Waals surface area contributed by atoms with E-state index >= 15 is 0 Å². The van der Waals surface area contributed by atoms with Crippen molar-refractivity contribution in [2.24, 2.45) is 0 Å². The van der Waals surface area contributed by atoms with Gasteiger partial charge in [-0.15, -0.1) is 0 Å². The fourth-order valence-corrected chi connectivity index (χ4v) is 8.16. The summed E-state index contributed by atoms with van der Waals surface area (Å²) in [5.41, 5.74) is 12.0. The molecule has 0 bridgehead atoms. The van der Waals surface area contributed by atoms with Gasteiger partial charge in [-0.3, -0.25) is 4.57 Å². The average molecular weight is 716 g/mol. The zero-order chi connectivity index (χ0) is 37.0. The van der Waals surface area contributed by atoms with Crippen molar-refractivity contribution in [3.63, 3.8) is 0 Å². The summed E-state index contributed by atoms with van der Waals surface area (Å²) in [6, 6.07) is 70.5. The van der Waals surface area contributed by atoms with Gasteiger partial charge in [0.15, 0.2) is 11.6 Å². The Labute approximate surface area is 323 Å². The second-order valence-corrected chi connectivity index (χ2v) is 14.1. The Balaban J connectivity index is 1.16. The number of hydrogen-bond acceptors (Lipinski definition) is 3. The molecule has 56 heavy (non-hydrogen) atoms. The molecule has 11 rings (SSSR count). The molecule has 5 heteroatoms. The SMILES string of the molecule is c1ccc(-c2cccc(-c3cccc(-n4c5ccccc5c5cc6c7ccccc7n(-c7nc(-c8ccccc8)nc(-c8ccccc8)n7)c6cc54)c3)c2)cc1. The molecule has 262 valence electrons. The summed E-state index contributed by atoms with van der Waals surface area (Å²) in [6.45, 7) is 0. The average Bonchev–Trinajstić information content (AvgIpc) is 3.78. The number of fused-ring (bicyclic) bond motifs is 6. The first-order valence-corrected chi connectivity index (χ1v) is 18.9. The fraction of sp³-hybridized carbons (Fsp3) is 0. The number of nitrogens with zero attached hydrogens (tertiary/aromatic N) is 5. The summed E-state index contributed by atoms with van der Waals surface area (Å²) in [4.78, 5) is 15.4. The highest BCUT2D eigenvalue weighted by Gasteiger charge is 2.21. The lowest BCUT2D eigenvalue weighted by atomic mass is 9.99. The first-order chi connectivity index (χ1) is 27.8. The highest BCUT2D eigenvalue weighted by molar-refractivity contribution is 6.19. The standard InChI is InChI=1S/C51H33N5/c1-4-16-34(17-5-1)37-22-14-23-38(30-37)39-24-15-25-40(31-39)55-45-28-12-10-26-41(45)43-32-44-42-27-11-13-29-46(42)56(48(44)33-47(43)55)51-53-49(35-18-6-2-7-19-35)52-50(54-51)36-20-8-3-9-21-36/h1-33H. The molecule has 0 saturated carbocycles. The first-order valence-electron chi connectivity index (χ1n) is 18.9. The second-order valence-electron chi connectivity index (χ2n) is 14.1. The number of hydrogen-bond donors (Lipinski definition) is 0. The summed E-state index contributed by atoms with van der Waals surface area (Å²) < 4.78 is 4.60. The molecule has 8 aromatic carbocycles. The van der Waals surface area contributed by atoms with Crippen molar-refractivity contribution in [2.45, 2.75) is 0 Å². The van der Waals surface area contributed by atoms with Crippen molar-refractivity contribution in [1.29, 1.82) is 0 Å². The molecular weight excluding hydrogens is 683 g/mol. The van der Waals surface area contributed by atoms with Gasteiger partial charge in [0, 0.05) is 38.4 Å². The topological polar surface area (TPSA) is 48.5 Å².